The highest BCUT2D eigenvalue weighted by Crippen LogP contribution is 2.46. The van der Waals surface area contributed by atoms with Crippen LogP contribution in [0.3, 0.4) is 0 Å². The molecule has 2 aliphatic rings. The fourth-order valence-corrected chi connectivity index (χ4v) is 2.40. The molecule has 2 aliphatic carbocycles. The van der Waals surface area contributed by atoms with Crippen LogP contribution in [0, 0.1) is 11.8 Å². The number of fused-ring (bicyclic) bond motifs is 1. The highest BCUT2D eigenvalue weighted by Gasteiger charge is 2.41. The number of hydrogen-bond acceptors (Lipinski definition) is 1. The van der Waals surface area contributed by atoms with Gasteiger partial charge in [-0.1, -0.05) is 32.1 Å². The number of aliphatic hydroxyl groups is 1. The molecule has 2 saturated carbocycles. The third-order valence-electron chi connectivity index (χ3n) is 3.30. The standard InChI is InChI=1S/C10H18O/c11-10-6-4-2-1-3-5-8-7-9(8)10/h8-11H,1-7H2/t8-,9-,10-/m1/s1. The van der Waals surface area contributed by atoms with Gasteiger partial charge in [-0.05, 0) is 24.7 Å². The van der Waals surface area contributed by atoms with E-state index >= 15 is 0 Å². The van der Waals surface area contributed by atoms with Crippen LogP contribution in [-0.4, -0.2) is 11.2 Å². The van der Waals surface area contributed by atoms with Crippen molar-refractivity contribution in [3.05, 3.63) is 0 Å². The fraction of sp³-hybridized carbons (Fsp3) is 1.00. The summed E-state index contributed by atoms with van der Waals surface area (Å²) in [6, 6.07) is 0. The average molecular weight is 154 g/mol. The Hall–Kier alpha value is -0.0400. The molecule has 0 aromatic heterocycles. The smallest absolute Gasteiger partial charge is 0.0571 e. The van der Waals surface area contributed by atoms with E-state index in [-0.39, 0.29) is 6.10 Å². The maximum atomic E-state index is 9.65. The Balaban J connectivity index is 1.85. The molecule has 1 N–H and O–H groups in total. The zero-order valence-corrected chi connectivity index (χ0v) is 7.13. The third-order valence-corrected chi connectivity index (χ3v) is 3.30. The van der Waals surface area contributed by atoms with E-state index in [1.54, 1.807) is 0 Å². The van der Waals surface area contributed by atoms with Gasteiger partial charge < -0.3 is 5.11 Å². The molecule has 1 heteroatoms. The van der Waals surface area contributed by atoms with Gasteiger partial charge in [0.15, 0.2) is 0 Å². The zero-order valence-electron chi connectivity index (χ0n) is 7.13. The Morgan fingerprint density at radius 3 is 2.45 bits per heavy atom. The maximum absolute atomic E-state index is 9.65. The summed E-state index contributed by atoms with van der Waals surface area (Å²) in [6.45, 7) is 0. The Bertz CT molecular complexity index is 133. The van der Waals surface area contributed by atoms with Crippen molar-refractivity contribution >= 4 is 0 Å². The molecule has 0 unspecified atom stereocenters. The molecule has 0 amide bonds. The minimum absolute atomic E-state index is 0.0538. The molecule has 11 heavy (non-hydrogen) atoms. The lowest BCUT2D eigenvalue weighted by Gasteiger charge is -2.07. The quantitative estimate of drug-likeness (QED) is 0.568. The van der Waals surface area contributed by atoms with Gasteiger partial charge >= 0.3 is 0 Å². The molecule has 0 aliphatic heterocycles. The lowest BCUT2D eigenvalue weighted by atomic mass is 10.1. The SMILES string of the molecule is O[C@@H]1CCCCCC[C@@H]2C[C@H]21. The van der Waals surface area contributed by atoms with Crippen molar-refractivity contribution in [2.24, 2.45) is 11.8 Å². The molecule has 2 fully saturated rings. The van der Waals surface area contributed by atoms with Gasteiger partial charge in [-0.2, -0.15) is 0 Å². The number of rotatable bonds is 0. The van der Waals surface area contributed by atoms with Crippen LogP contribution in [0.25, 0.3) is 0 Å². The van der Waals surface area contributed by atoms with Crippen LogP contribution in [0.1, 0.15) is 44.9 Å². The predicted octanol–water partition coefficient (Wildman–Crippen LogP) is 2.34. The molecule has 3 atom stereocenters. The topological polar surface area (TPSA) is 20.2 Å². The summed E-state index contributed by atoms with van der Waals surface area (Å²) < 4.78 is 0. The minimum atomic E-state index is 0.0538. The summed E-state index contributed by atoms with van der Waals surface area (Å²) in [7, 11) is 0. The zero-order chi connectivity index (χ0) is 7.68. The molecule has 0 radical (unpaired) electrons. The molecular formula is C10H18O. The van der Waals surface area contributed by atoms with Gasteiger partial charge in [0.25, 0.3) is 0 Å². The van der Waals surface area contributed by atoms with E-state index in [2.05, 4.69) is 0 Å². The molecule has 64 valence electrons. The number of aliphatic hydroxyl groups excluding tert-OH is 1. The summed E-state index contributed by atoms with van der Waals surface area (Å²) in [5.41, 5.74) is 0. The van der Waals surface area contributed by atoms with Crippen molar-refractivity contribution in [3.63, 3.8) is 0 Å². The monoisotopic (exact) mass is 154 g/mol. The Morgan fingerprint density at radius 2 is 1.64 bits per heavy atom. The summed E-state index contributed by atoms with van der Waals surface area (Å²) >= 11 is 0. The first-order valence-corrected chi connectivity index (χ1v) is 5.06. The van der Waals surface area contributed by atoms with E-state index in [1.807, 2.05) is 0 Å². The van der Waals surface area contributed by atoms with Gasteiger partial charge in [-0.3, -0.25) is 0 Å². The van der Waals surface area contributed by atoms with Crippen LogP contribution >= 0.6 is 0 Å². The second-order valence-corrected chi connectivity index (χ2v) is 4.22. The van der Waals surface area contributed by atoms with Crippen molar-refractivity contribution in [1.82, 2.24) is 0 Å². The minimum Gasteiger partial charge on any atom is -0.393 e. The third kappa shape index (κ3) is 1.76. The molecule has 0 spiro atoms. The van der Waals surface area contributed by atoms with Gasteiger partial charge in [0.1, 0.15) is 0 Å². The molecule has 0 saturated heterocycles. The van der Waals surface area contributed by atoms with Crippen molar-refractivity contribution in [1.29, 1.82) is 0 Å². The normalized spacial score (nSPS) is 45.0. The van der Waals surface area contributed by atoms with E-state index in [1.165, 1.54) is 38.5 Å². The lowest BCUT2D eigenvalue weighted by Crippen LogP contribution is -2.09. The second kappa shape index (κ2) is 3.14. The van der Waals surface area contributed by atoms with Crippen LogP contribution in [0.5, 0.6) is 0 Å². The number of hydrogen-bond donors (Lipinski definition) is 1. The van der Waals surface area contributed by atoms with Crippen LogP contribution in [0.15, 0.2) is 0 Å². The van der Waals surface area contributed by atoms with Crippen molar-refractivity contribution in [3.8, 4) is 0 Å². The van der Waals surface area contributed by atoms with Gasteiger partial charge in [0, 0.05) is 0 Å². The lowest BCUT2D eigenvalue weighted by molar-refractivity contribution is 0.133. The molecule has 0 bridgehead atoms. The first kappa shape index (κ1) is 7.60. The first-order valence-electron chi connectivity index (χ1n) is 5.06. The Kier molecular flexibility index (Phi) is 2.17. The van der Waals surface area contributed by atoms with Crippen LogP contribution < -0.4 is 0 Å². The highest BCUT2D eigenvalue weighted by molar-refractivity contribution is 4.91. The van der Waals surface area contributed by atoms with Crippen LogP contribution in [0.4, 0.5) is 0 Å². The maximum Gasteiger partial charge on any atom is 0.0571 e. The average Bonchev–Trinajstić information content (AvgIpc) is 2.74. The largest absolute Gasteiger partial charge is 0.393 e. The Labute approximate surface area is 68.8 Å². The van der Waals surface area contributed by atoms with E-state index in [4.69, 9.17) is 0 Å². The van der Waals surface area contributed by atoms with Gasteiger partial charge in [-0.15, -0.1) is 0 Å². The molecule has 1 nitrogen and oxygen atoms in total. The van der Waals surface area contributed by atoms with E-state index in [0.29, 0.717) is 5.92 Å². The predicted molar refractivity (Wildman–Crippen MR) is 45.3 cm³/mol. The molecular weight excluding hydrogens is 136 g/mol. The van der Waals surface area contributed by atoms with E-state index < -0.39 is 0 Å². The molecule has 0 aromatic rings. The van der Waals surface area contributed by atoms with Gasteiger partial charge in [-0.25, -0.2) is 0 Å². The van der Waals surface area contributed by atoms with Crippen LogP contribution in [-0.2, 0) is 0 Å². The van der Waals surface area contributed by atoms with E-state index in [9.17, 15) is 5.11 Å². The summed E-state index contributed by atoms with van der Waals surface area (Å²) in [5.74, 6) is 1.61. The van der Waals surface area contributed by atoms with Crippen LogP contribution in [0.2, 0.25) is 0 Å². The fourth-order valence-electron chi connectivity index (χ4n) is 2.40. The van der Waals surface area contributed by atoms with Crippen molar-refractivity contribution < 1.29 is 5.11 Å². The van der Waals surface area contributed by atoms with E-state index in [0.717, 1.165) is 12.3 Å². The first-order chi connectivity index (χ1) is 5.38. The summed E-state index contributed by atoms with van der Waals surface area (Å²) in [5, 5.41) is 9.65. The molecule has 2 rings (SSSR count). The highest BCUT2D eigenvalue weighted by atomic mass is 16.3. The summed E-state index contributed by atoms with van der Waals surface area (Å²) in [4.78, 5) is 0. The second-order valence-electron chi connectivity index (χ2n) is 4.22. The van der Waals surface area contributed by atoms with Crippen molar-refractivity contribution in [2.45, 2.75) is 51.0 Å². The molecule has 0 aromatic carbocycles. The van der Waals surface area contributed by atoms with Gasteiger partial charge in [0.05, 0.1) is 6.10 Å². The molecule has 0 heterocycles. The Morgan fingerprint density at radius 1 is 0.909 bits per heavy atom. The van der Waals surface area contributed by atoms with Gasteiger partial charge in [0.2, 0.25) is 0 Å². The summed E-state index contributed by atoms with van der Waals surface area (Å²) in [6.07, 6.45) is 9.24. The van der Waals surface area contributed by atoms with Crippen molar-refractivity contribution in [2.75, 3.05) is 0 Å².